The number of rotatable bonds is 7. The number of nitrogens with one attached hydrogen (secondary N) is 1. The largest absolute Gasteiger partial charge is 0.484 e. The number of hydrogen-bond donors (Lipinski definition) is 1. The molecule has 1 heterocycles. The maximum absolute atomic E-state index is 12.0. The summed E-state index contributed by atoms with van der Waals surface area (Å²) in [5.41, 5.74) is 1.98. The zero-order chi connectivity index (χ0) is 19.1. The molecule has 0 saturated carbocycles. The molecular formula is C19H16N4O3S. The van der Waals surface area contributed by atoms with Crippen LogP contribution in [0.2, 0.25) is 0 Å². The van der Waals surface area contributed by atoms with Crippen molar-refractivity contribution in [1.29, 1.82) is 5.26 Å². The topological polar surface area (TPSA) is 101 Å². The number of aromatic nitrogens is 2. The molecule has 7 nitrogen and oxygen atoms in total. The first-order valence-corrected chi connectivity index (χ1v) is 9.06. The summed E-state index contributed by atoms with van der Waals surface area (Å²) in [7, 11) is 0. The van der Waals surface area contributed by atoms with Crippen LogP contribution in [-0.2, 0) is 11.4 Å². The van der Waals surface area contributed by atoms with E-state index in [0.29, 0.717) is 17.1 Å². The summed E-state index contributed by atoms with van der Waals surface area (Å²) in [6.07, 6.45) is 0. The molecule has 1 N–H and O–H groups in total. The fourth-order valence-corrected chi connectivity index (χ4v) is 2.79. The van der Waals surface area contributed by atoms with Crippen molar-refractivity contribution in [2.24, 2.45) is 0 Å². The van der Waals surface area contributed by atoms with Crippen LogP contribution in [0.5, 0.6) is 5.75 Å². The average molecular weight is 380 g/mol. The van der Waals surface area contributed by atoms with Gasteiger partial charge < -0.3 is 14.5 Å². The van der Waals surface area contributed by atoms with Crippen LogP contribution < -0.4 is 10.1 Å². The van der Waals surface area contributed by atoms with E-state index in [1.807, 2.05) is 37.3 Å². The van der Waals surface area contributed by atoms with Crippen LogP contribution in [0.4, 0.5) is 5.69 Å². The first-order valence-electron chi connectivity index (χ1n) is 8.07. The van der Waals surface area contributed by atoms with Gasteiger partial charge in [0.05, 0.1) is 17.0 Å². The molecule has 0 radical (unpaired) electrons. The fourth-order valence-electron chi connectivity index (χ4n) is 2.21. The molecule has 0 bridgehead atoms. The van der Waals surface area contributed by atoms with Gasteiger partial charge in [0.25, 0.3) is 11.1 Å². The van der Waals surface area contributed by atoms with Gasteiger partial charge in [0.1, 0.15) is 11.8 Å². The van der Waals surface area contributed by atoms with Gasteiger partial charge in [-0.2, -0.15) is 5.26 Å². The number of amides is 1. The molecule has 1 aromatic heterocycles. The Morgan fingerprint density at radius 1 is 1.26 bits per heavy atom. The third kappa shape index (κ3) is 5.33. The van der Waals surface area contributed by atoms with Gasteiger partial charge in [0.15, 0.2) is 6.61 Å². The van der Waals surface area contributed by atoms with Crippen LogP contribution in [0.1, 0.15) is 17.0 Å². The van der Waals surface area contributed by atoms with Crippen molar-refractivity contribution < 1.29 is 13.9 Å². The summed E-state index contributed by atoms with van der Waals surface area (Å²) in [5, 5.41) is 19.8. The highest BCUT2D eigenvalue weighted by Crippen LogP contribution is 2.19. The summed E-state index contributed by atoms with van der Waals surface area (Å²) in [4.78, 5) is 12.0. The monoisotopic (exact) mass is 380 g/mol. The number of anilines is 1. The third-order valence-electron chi connectivity index (χ3n) is 3.45. The van der Waals surface area contributed by atoms with Crippen molar-refractivity contribution in [3.63, 3.8) is 0 Å². The van der Waals surface area contributed by atoms with Crippen molar-refractivity contribution in [2.45, 2.75) is 18.8 Å². The molecule has 3 rings (SSSR count). The Balaban J connectivity index is 1.49. The predicted octanol–water partition coefficient (Wildman–Crippen LogP) is 3.56. The summed E-state index contributed by atoms with van der Waals surface area (Å²) in [6, 6.07) is 16.5. The number of nitrogens with zero attached hydrogens (tertiary/aromatic N) is 3. The lowest BCUT2D eigenvalue weighted by molar-refractivity contribution is -0.113. The van der Waals surface area contributed by atoms with Gasteiger partial charge in [-0.3, -0.25) is 4.79 Å². The Kier molecular flexibility index (Phi) is 6.07. The molecule has 0 saturated heterocycles. The fraction of sp³-hybridized carbons (Fsp3) is 0.158. The van der Waals surface area contributed by atoms with Gasteiger partial charge in [0, 0.05) is 0 Å². The molecule has 8 heteroatoms. The molecule has 0 aliphatic rings. The van der Waals surface area contributed by atoms with E-state index in [4.69, 9.17) is 14.4 Å². The molecule has 136 valence electrons. The van der Waals surface area contributed by atoms with Crippen LogP contribution >= 0.6 is 11.8 Å². The molecule has 1 amide bonds. The molecule has 0 spiro atoms. The number of thioether (sulfide) groups is 1. The quantitative estimate of drug-likeness (QED) is 0.625. The lowest BCUT2D eigenvalue weighted by Crippen LogP contribution is -2.14. The summed E-state index contributed by atoms with van der Waals surface area (Å²) < 4.78 is 11.1. The highest BCUT2D eigenvalue weighted by molar-refractivity contribution is 7.99. The van der Waals surface area contributed by atoms with E-state index in [1.54, 1.807) is 24.3 Å². The zero-order valence-electron chi connectivity index (χ0n) is 14.5. The van der Waals surface area contributed by atoms with E-state index in [9.17, 15) is 4.79 Å². The Labute approximate surface area is 160 Å². The molecular weight excluding hydrogens is 364 g/mol. The first-order chi connectivity index (χ1) is 13.1. The predicted molar refractivity (Wildman–Crippen MR) is 100 cm³/mol. The van der Waals surface area contributed by atoms with E-state index < -0.39 is 0 Å². The molecule has 0 aliphatic heterocycles. The number of ether oxygens (including phenoxy) is 1. The third-order valence-corrected chi connectivity index (χ3v) is 4.27. The van der Waals surface area contributed by atoms with Crippen LogP contribution in [0.15, 0.2) is 58.2 Å². The van der Waals surface area contributed by atoms with Crippen molar-refractivity contribution in [3.05, 3.63) is 65.5 Å². The van der Waals surface area contributed by atoms with Crippen molar-refractivity contribution in [3.8, 4) is 11.8 Å². The summed E-state index contributed by atoms with van der Waals surface area (Å²) >= 11 is 1.12. The smallest absolute Gasteiger partial charge is 0.277 e. The Morgan fingerprint density at radius 3 is 2.93 bits per heavy atom. The Hall–Kier alpha value is -3.31. The second-order valence-corrected chi connectivity index (χ2v) is 6.49. The van der Waals surface area contributed by atoms with Crippen LogP contribution in [0, 0.1) is 18.3 Å². The van der Waals surface area contributed by atoms with Gasteiger partial charge in [-0.15, -0.1) is 10.2 Å². The van der Waals surface area contributed by atoms with E-state index in [-0.39, 0.29) is 23.5 Å². The maximum atomic E-state index is 12.0. The summed E-state index contributed by atoms with van der Waals surface area (Å²) in [6.45, 7) is 2.13. The van der Waals surface area contributed by atoms with Gasteiger partial charge in [-0.1, -0.05) is 36.0 Å². The SMILES string of the molecule is Cc1cccc(OCc2nnc(SCC(=O)Nc3ccccc3C#N)o2)c1. The minimum absolute atomic E-state index is 0.0835. The van der Waals surface area contributed by atoms with Gasteiger partial charge in [0.2, 0.25) is 5.91 Å². The molecule has 0 unspecified atom stereocenters. The van der Waals surface area contributed by atoms with E-state index in [0.717, 1.165) is 23.1 Å². The lowest BCUT2D eigenvalue weighted by atomic mass is 10.2. The lowest BCUT2D eigenvalue weighted by Gasteiger charge is -2.05. The van der Waals surface area contributed by atoms with Crippen LogP contribution in [0.25, 0.3) is 0 Å². The number of benzene rings is 2. The van der Waals surface area contributed by atoms with E-state index in [1.165, 1.54) is 0 Å². The first kappa shape index (κ1) is 18.5. The van der Waals surface area contributed by atoms with Crippen molar-refractivity contribution in [1.82, 2.24) is 10.2 Å². The molecule has 2 aromatic carbocycles. The number of para-hydroxylation sites is 1. The number of carbonyl (C=O) groups is 1. The molecule has 3 aromatic rings. The highest BCUT2D eigenvalue weighted by atomic mass is 32.2. The average Bonchev–Trinajstić information content (AvgIpc) is 3.13. The molecule has 0 fully saturated rings. The van der Waals surface area contributed by atoms with Crippen LogP contribution in [0.3, 0.4) is 0 Å². The number of nitriles is 1. The molecule has 27 heavy (non-hydrogen) atoms. The van der Waals surface area contributed by atoms with Crippen molar-refractivity contribution in [2.75, 3.05) is 11.1 Å². The van der Waals surface area contributed by atoms with E-state index in [2.05, 4.69) is 15.5 Å². The minimum Gasteiger partial charge on any atom is -0.484 e. The van der Waals surface area contributed by atoms with Crippen molar-refractivity contribution >= 4 is 23.4 Å². The minimum atomic E-state index is -0.265. The van der Waals surface area contributed by atoms with E-state index >= 15 is 0 Å². The van der Waals surface area contributed by atoms with Gasteiger partial charge >= 0.3 is 0 Å². The second kappa shape index (κ2) is 8.87. The molecule has 0 atom stereocenters. The van der Waals surface area contributed by atoms with Gasteiger partial charge in [-0.25, -0.2) is 0 Å². The highest BCUT2D eigenvalue weighted by Gasteiger charge is 2.11. The standard InChI is InChI=1S/C19H16N4O3S/c1-13-5-4-7-15(9-13)25-11-18-22-23-19(26-18)27-12-17(24)21-16-8-3-2-6-14(16)10-20/h2-9H,11-12H2,1H3,(H,21,24). The second-order valence-electron chi connectivity index (χ2n) is 5.56. The number of aryl methyl sites for hydroxylation is 1. The number of carbonyl (C=O) groups excluding carboxylic acids is 1. The van der Waals surface area contributed by atoms with Crippen LogP contribution in [-0.4, -0.2) is 21.9 Å². The maximum Gasteiger partial charge on any atom is 0.277 e. The normalized spacial score (nSPS) is 10.2. The molecule has 0 aliphatic carbocycles. The summed E-state index contributed by atoms with van der Waals surface area (Å²) in [5.74, 6) is 0.866. The number of hydrogen-bond acceptors (Lipinski definition) is 7. The Bertz CT molecular complexity index is 981. The zero-order valence-corrected chi connectivity index (χ0v) is 15.3. The Morgan fingerprint density at radius 2 is 2.11 bits per heavy atom. The van der Waals surface area contributed by atoms with Gasteiger partial charge in [-0.05, 0) is 36.8 Å².